The lowest BCUT2D eigenvalue weighted by Gasteiger charge is -2.14. The maximum atomic E-state index is 13.2. The van der Waals surface area contributed by atoms with Crippen LogP contribution >= 0.6 is 43.5 Å². The van der Waals surface area contributed by atoms with Crippen LogP contribution in [-0.4, -0.2) is 23.0 Å². The molecule has 0 unspecified atom stereocenters. The van der Waals surface area contributed by atoms with E-state index in [1.807, 2.05) is 50.2 Å². The molecule has 180 valence electrons. The molecule has 0 aliphatic rings. The summed E-state index contributed by atoms with van der Waals surface area (Å²) >= 11 is 13.4. The Hall–Kier alpha value is -2.68. The summed E-state index contributed by atoms with van der Waals surface area (Å²) in [5.41, 5.74) is 2.03. The van der Waals surface area contributed by atoms with Crippen molar-refractivity contribution in [3.05, 3.63) is 95.9 Å². The van der Waals surface area contributed by atoms with Crippen LogP contribution in [0.15, 0.2) is 73.4 Å². The Morgan fingerprint density at radius 1 is 1.09 bits per heavy atom. The molecule has 0 amide bonds. The molecule has 0 saturated heterocycles. The second-order valence-corrected chi connectivity index (χ2v) is 10.3. The van der Waals surface area contributed by atoms with E-state index >= 15 is 0 Å². The van der Waals surface area contributed by atoms with Gasteiger partial charge in [0, 0.05) is 14.9 Å². The Morgan fingerprint density at radius 2 is 1.80 bits per heavy atom. The topological polar surface area (TPSA) is 65.7 Å². The van der Waals surface area contributed by atoms with E-state index in [1.165, 1.54) is 4.68 Å². The van der Waals surface area contributed by atoms with Gasteiger partial charge in [0.1, 0.15) is 12.4 Å². The zero-order chi connectivity index (χ0) is 25.1. The van der Waals surface area contributed by atoms with E-state index in [9.17, 15) is 4.79 Å². The first-order valence-electron chi connectivity index (χ1n) is 10.8. The Labute approximate surface area is 224 Å². The molecule has 0 aliphatic carbocycles. The minimum absolute atomic E-state index is 0.0135. The Bertz CT molecular complexity index is 1470. The predicted molar refractivity (Wildman–Crippen MR) is 147 cm³/mol. The lowest BCUT2D eigenvalue weighted by Crippen LogP contribution is -2.23. The number of fused-ring (bicyclic) bond motifs is 1. The van der Waals surface area contributed by atoms with Crippen LogP contribution in [0.2, 0.25) is 5.02 Å². The molecule has 35 heavy (non-hydrogen) atoms. The molecule has 0 atom stereocenters. The lowest BCUT2D eigenvalue weighted by atomic mass is 10.2. The van der Waals surface area contributed by atoms with Crippen LogP contribution in [0.5, 0.6) is 11.5 Å². The standard InChI is InChI=1S/C26H22Br2ClN3O3/c1-15(2)25-31-22-9-8-19(28)12-20(22)26(33)32(25)30-13-17-10-21(29)24(23(11-17)34-3)35-14-16-4-6-18(27)7-5-16/h4-13,15H,14H2,1-3H3. The third kappa shape index (κ3) is 5.77. The molecule has 0 bridgehead atoms. The summed E-state index contributed by atoms with van der Waals surface area (Å²) in [6.45, 7) is 4.27. The van der Waals surface area contributed by atoms with Crippen molar-refractivity contribution in [1.82, 2.24) is 9.66 Å². The average Bonchev–Trinajstić information content (AvgIpc) is 2.83. The fourth-order valence-electron chi connectivity index (χ4n) is 3.47. The molecule has 0 N–H and O–H groups in total. The van der Waals surface area contributed by atoms with Crippen LogP contribution in [0.1, 0.15) is 36.7 Å². The van der Waals surface area contributed by atoms with Crippen molar-refractivity contribution >= 4 is 60.6 Å². The first-order chi connectivity index (χ1) is 16.8. The molecule has 6 nitrogen and oxygen atoms in total. The number of aromatic nitrogens is 2. The van der Waals surface area contributed by atoms with E-state index in [4.69, 9.17) is 21.1 Å². The third-order valence-electron chi connectivity index (χ3n) is 5.22. The van der Waals surface area contributed by atoms with E-state index in [2.05, 4.69) is 41.9 Å². The van der Waals surface area contributed by atoms with E-state index < -0.39 is 0 Å². The second kappa shape index (κ2) is 10.9. The zero-order valence-electron chi connectivity index (χ0n) is 19.3. The van der Waals surface area contributed by atoms with E-state index in [-0.39, 0.29) is 11.5 Å². The number of benzene rings is 3. The molecule has 0 fully saturated rings. The summed E-state index contributed by atoms with van der Waals surface area (Å²) in [6, 6.07) is 16.7. The molecular formula is C26H22Br2ClN3O3. The number of nitrogens with zero attached hydrogens (tertiary/aromatic N) is 3. The molecule has 1 heterocycles. The Kier molecular flexibility index (Phi) is 7.94. The monoisotopic (exact) mass is 617 g/mol. The largest absolute Gasteiger partial charge is 0.493 e. The van der Waals surface area contributed by atoms with E-state index in [1.54, 1.807) is 31.5 Å². The van der Waals surface area contributed by atoms with Crippen molar-refractivity contribution in [2.75, 3.05) is 7.11 Å². The zero-order valence-corrected chi connectivity index (χ0v) is 23.2. The highest BCUT2D eigenvalue weighted by atomic mass is 79.9. The summed E-state index contributed by atoms with van der Waals surface area (Å²) in [4.78, 5) is 17.9. The Morgan fingerprint density at radius 3 is 2.49 bits per heavy atom. The lowest BCUT2D eigenvalue weighted by molar-refractivity contribution is 0.284. The van der Waals surface area contributed by atoms with Crippen LogP contribution in [0, 0.1) is 0 Å². The third-order valence-corrected chi connectivity index (χ3v) is 6.52. The minimum atomic E-state index is -0.247. The highest BCUT2D eigenvalue weighted by Crippen LogP contribution is 2.36. The second-order valence-electron chi connectivity index (χ2n) is 8.10. The van der Waals surface area contributed by atoms with E-state index in [0.29, 0.717) is 45.4 Å². The van der Waals surface area contributed by atoms with Crippen LogP contribution in [-0.2, 0) is 6.61 Å². The molecule has 0 spiro atoms. The van der Waals surface area contributed by atoms with Crippen molar-refractivity contribution in [3.8, 4) is 11.5 Å². The number of rotatable bonds is 7. The van der Waals surface area contributed by atoms with Crippen molar-refractivity contribution in [1.29, 1.82) is 0 Å². The molecular weight excluding hydrogens is 598 g/mol. The van der Waals surface area contributed by atoms with Gasteiger partial charge in [0.2, 0.25) is 0 Å². The fraction of sp³-hybridized carbons (Fsp3) is 0.192. The van der Waals surface area contributed by atoms with Gasteiger partial charge in [0.05, 0.1) is 29.2 Å². The number of hydrogen-bond acceptors (Lipinski definition) is 5. The molecule has 9 heteroatoms. The van der Waals surface area contributed by atoms with Crippen molar-refractivity contribution in [3.63, 3.8) is 0 Å². The smallest absolute Gasteiger partial charge is 0.282 e. The summed E-state index contributed by atoms with van der Waals surface area (Å²) in [7, 11) is 1.55. The molecule has 0 saturated carbocycles. The quantitative estimate of drug-likeness (QED) is 0.206. The normalized spacial score (nSPS) is 11.5. The van der Waals surface area contributed by atoms with Crippen molar-refractivity contribution in [2.45, 2.75) is 26.4 Å². The van der Waals surface area contributed by atoms with Gasteiger partial charge in [-0.25, -0.2) is 4.98 Å². The van der Waals surface area contributed by atoms with Gasteiger partial charge in [0.15, 0.2) is 11.5 Å². The molecule has 4 rings (SSSR count). The molecule has 1 aromatic heterocycles. The number of methoxy groups -OCH3 is 1. The number of halogens is 3. The van der Waals surface area contributed by atoms with Gasteiger partial charge in [-0.15, -0.1) is 0 Å². The van der Waals surface area contributed by atoms with Crippen LogP contribution in [0.4, 0.5) is 0 Å². The summed E-state index contributed by atoms with van der Waals surface area (Å²) < 4.78 is 14.6. The molecule has 0 aliphatic heterocycles. The maximum Gasteiger partial charge on any atom is 0.282 e. The number of ether oxygens (including phenoxy) is 2. The van der Waals surface area contributed by atoms with Crippen molar-refractivity contribution in [2.24, 2.45) is 5.10 Å². The average molecular weight is 620 g/mol. The first-order valence-corrected chi connectivity index (χ1v) is 12.7. The SMILES string of the molecule is COc1cc(C=Nn2c(C(C)C)nc3ccc(Br)cc3c2=O)cc(Cl)c1OCc1ccc(Br)cc1. The minimum Gasteiger partial charge on any atom is -0.493 e. The summed E-state index contributed by atoms with van der Waals surface area (Å²) in [5.74, 6) is 1.45. The van der Waals surface area contributed by atoms with Crippen molar-refractivity contribution < 1.29 is 9.47 Å². The highest BCUT2D eigenvalue weighted by molar-refractivity contribution is 9.10. The fourth-order valence-corrected chi connectivity index (χ4v) is 4.37. The molecule has 0 radical (unpaired) electrons. The van der Waals surface area contributed by atoms with Gasteiger partial charge in [-0.05, 0) is 53.6 Å². The van der Waals surface area contributed by atoms with Gasteiger partial charge >= 0.3 is 0 Å². The number of hydrogen-bond donors (Lipinski definition) is 0. The van der Waals surface area contributed by atoms with Crippen LogP contribution in [0.25, 0.3) is 10.9 Å². The van der Waals surface area contributed by atoms with Crippen LogP contribution in [0.3, 0.4) is 0 Å². The molecule has 4 aromatic rings. The molecule has 3 aromatic carbocycles. The summed E-state index contributed by atoms with van der Waals surface area (Å²) in [6.07, 6.45) is 1.56. The highest BCUT2D eigenvalue weighted by Gasteiger charge is 2.15. The first kappa shape index (κ1) is 25.4. The van der Waals surface area contributed by atoms with Crippen LogP contribution < -0.4 is 15.0 Å². The van der Waals surface area contributed by atoms with Gasteiger partial charge in [-0.2, -0.15) is 9.78 Å². The maximum absolute atomic E-state index is 13.2. The summed E-state index contributed by atoms with van der Waals surface area (Å²) in [5, 5.41) is 5.32. The predicted octanol–water partition coefficient (Wildman–Crippen LogP) is 7.17. The van der Waals surface area contributed by atoms with E-state index in [0.717, 1.165) is 14.5 Å². The van der Waals surface area contributed by atoms with Gasteiger partial charge in [0.25, 0.3) is 5.56 Å². The van der Waals surface area contributed by atoms with Gasteiger partial charge < -0.3 is 9.47 Å². The van der Waals surface area contributed by atoms with Gasteiger partial charge in [-0.3, -0.25) is 4.79 Å². The Balaban J connectivity index is 1.68. The van der Waals surface area contributed by atoms with Gasteiger partial charge in [-0.1, -0.05) is 69.4 Å².